The van der Waals surface area contributed by atoms with Crippen molar-refractivity contribution >= 4 is 11.6 Å². The minimum atomic E-state index is 0.300. The van der Waals surface area contributed by atoms with Crippen LogP contribution < -0.4 is 4.74 Å². The average Bonchev–Trinajstić information content (AvgIpc) is 2.30. The summed E-state index contributed by atoms with van der Waals surface area (Å²) in [5.41, 5.74) is 0. The summed E-state index contributed by atoms with van der Waals surface area (Å²) < 4.78 is 11.4. The van der Waals surface area contributed by atoms with Crippen LogP contribution in [-0.2, 0) is 4.74 Å². The molecule has 0 spiro atoms. The fraction of sp³-hybridized carbons (Fsp3) is 0.571. The van der Waals surface area contributed by atoms with Gasteiger partial charge in [0.2, 0.25) is 0 Å². The summed E-state index contributed by atoms with van der Waals surface area (Å²) in [6.07, 6.45) is 0.600. The molecule has 100 valence electrons. The summed E-state index contributed by atoms with van der Waals surface area (Å²) in [4.78, 5) is 2.37. The number of benzene rings is 1. The summed E-state index contributed by atoms with van der Waals surface area (Å²) >= 11 is 6.03. The van der Waals surface area contributed by atoms with Crippen LogP contribution in [0.5, 0.6) is 5.75 Å². The van der Waals surface area contributed by atoms with Crippen molar-refractivity contribution in [1.29, 1.82) is 0 Å². The monoisotopic (exact) mass is 269 g/mol. The predicted molar refractivity (Wildman–Crippen MR) is 73.4 cm³/mol. The number of hydrogen-bond donors (Lipinski definition) is 0. The van der Waals surface area contributed by atoms with Gasteiger partial charge in [-0.15, -0.1) is 0 Å². The largest absolute Gasteiger partial charge is 0.491 e. The van der Waals surface area contributed by atoms with E-state index in [2.05, 4.69) is 18.7 Å². The number of nitrogens with zero attached hydrogens (tertiary/aromatic N) is 1. The maximum Gasteiger partial charge on any atom is 0.137 e. The van der Waals surface area contributed by atoms with E-state index in [9.17, 15) is 0 Å². The lowest BCUT2D eigenvalue weighted by Gasteiger charge is -2.35. The third-order valence-corrected chi connectivity index (χ3v) is 3.31. The number of ether oxygens (including phenoxy) is 2. The van der Waals surface area contributed by atoms with E-state index >= 15 is 0 Å². The zero-order valence-corrected chi connectivity index (χ0v) is 11.7. The van der Waals surface area contributed by atoms with E-state index in [1.54, 1.807) is 0 Å². The molecule has 4 heteroatoms. The molecule has 0 radical (unpaired) electrons. The first-order valence-electron chi connectivity index (χ1n) is 6.40. The van der Waals surface area contributed by atoms with E-state index in [1.165, 1.54) is 0 Å². The lowest BCUT2D eigenvalue weighted by atomic mass is 10.2. The molecule has 2 rings (SSSR count). The Balaban J connectivity index is 1.77. The van der Waals surface area contributed by atoms with E-state index in [4.69, 9.17) is 21.1 Å². The minimum Gasteiger partial charge on any atom is -0.491 e. The highest BCUT2D eigenvalue weighted by Crippen LogP contribution is 2.23. The molecule has 0 amide bonds. The van der Waals surface area contributed by atoms with Crippen molar-refractivity contribution in [1.82, 2.24) is 4.90 Å². The molecule has 1 aliphatic rings. The number of halogens is 1. The summed E-state index contributed by atoms with van der Waals surface area (Å²) in [6.45, 7) is 7.72. The number of hydrogen-bond acceptors (Lipinski definition) is 3. The molecule has 0 aromatic heterocycles. The van der Waals surface area contributed by atoms with Crippen LogP contribution in [0.15, 0.2) is 24.3 Å². The lowest BCUT2D eigenvalue weighted by molar-refractivity contribution is -0.0699. The molecule has 0 aliphatic carbocycles. The van der Waals surface area contributed by atoms with Crippen LogP contribution in [0.4, 0.5) is 0 Å². The standard InChI is InChI=1S/C14H20ClNO2/c1-11-9-16(10-12(2)18-11)7-8-17-14-6-4-3-5-13(14)15/h3-6,11-12H,7-10H2,1-2H3/t11-,12-/m1/s1. The van der Waals surface area contributed by atoms with Crippen LogP contribution in [0, 0.1) is 0 Å². The molecule has 2 atom stereocenters. The Kier molecular flexibility index (Phi) is 4.87. The van der Waals surface area contributed by atoms with Crippen LogP contribution >= 0.6 is 11.6 Å². The van der Waals surface area contributed by atoms with Gasteiger partial charge in [-0.2, -0.15) is 0 Å². The summed E-state index contributed by atoms with van der Waals surface area (Å²) in [7, 11) is 0. The fourth-order valence-electron chi connectivity index (χ4n) is 2.31. The van der Waals surface area contributed by atoms with E-state index in [0.29, 0.717) is 23.8 Å². The molecule has 0 saturated carbocycles. The third-order valence-electron chi connectivity index (χ3n) is 3.00. The Bertz CT molecular complexity index is 376. The Morgan fingerprint density at radius 2 is 1.94 bits per heavy atom. The number of rotatable bonds is 4. The predicted octanol–water partition coefficient (Wildman–Crippen LogP) is 2.83. The number of para-hydroxylation sites is 1. The molecule has 1 aromatic carbocycles. The summed E-state index contributed by atoms with van der Waals surface area (Å²) in [6, 6.07) is 7.57. The van der Waals surface area contributed by atoms with Gasteiger partial charge in [0.15, 0.2) is 0 Å². The van der Waals surface area contributed by atoms with Gasteiger partial charge >= 0.3 is 0 Å². The number of morpholine rings is 1. The van der Waals surface area contributed by atoms with E-state index in [1.807, 2.05) is 24.3 Å². The molecule has 3 nitrogen and oxygen atoms in total. The zero-order chi connectivity index (χ0) is 13.0. The van der Waals surface area contributed by atoms with Crippen molar-refractivity contribution in [2.24, 2.45) is 0 Å². The van der Waals surface area contributed by atoms with Crippen molar-refractivity contribution in [2.75, 3.05) is 26.2 Å². The van der Waals surface area contributed by atoms with Crippen molar-refractivity contribution in [3.8, 4) is 5.75 Å². The van der Waals surface area contributed by atoms with Gasteiger partial charge in [0.1, 0.15) is 12.4 Å². The second kappa shape index (κ2) is 6.41. The topological polar surface area (TPSA) is 21.7 Å². The Labute approximate surface area is 114 Å². The Morgan fingerprint density at radius 3 is 2.61 bits per heavy atom. The maximum absolute atomic E-state index is 6.03. The van der Waals surface area contributed by atoms with Crippen molar-refractivity contribution in [2.45, 2.75) is 26.1 Å². The van der Waals surface area contributed by atoms with Gasteiger partial charge in [-0.3, -0.25) is 4.90 Å². The summed E-state index contributed by atoms with van der Waals surface area (Å²) in [5, 5.41) is 0.668. The first kappa shape index (κ1) is 13.7. The molecule has 0 unspecified atom stereocenters. The molecule has 0 N–H and O–H groups in total. The molecule has 1 aliphatic heterocycles. The highest BCUT2D eigenvalue weighted by molar-refractivity contribution is 6.32. The summed E-state index contributed by atoms with van der Waals surface area (Å²) in [5.74, 6) is 0.758. The highest BCUT2D eigenvalue weighted by atomic mass is 35.5. The van der Waals surface area contributed by atoms with Gasteiger partial charge in [-0.05, 0) is 26.0 Å². The van der Waals surface area contributed by atoms with Crippen LogP contribution in [0.1, 0.15) is 13.8 Å². The fourth-order valence-corrected chi connectivity index (χ4v) is 2.50. The first-order valence-corrected chi connectivity index (χ1v) is 6.78. The van der Waals surface area contributed by atoms with Crippen molar-refractivity contribution in [3.63, 3.8) is 0 Å². The van der Waals surface area contributed by atoms with Crippen LogP contribution in [-0.4, -0.2) is 43.3 Å². The van der Waals surface area contributed by atoms with Crippen LogP contribution in [0.3, 0.4) is 0 Å². The van der Waals surface area contributed by atoms with E-state index < -0.39 is 0 Å². The Hall–Kier alpha value is -0.770. The second-order valence-electron chi connectivity index (χ2n) is 4.80. The molecule has 1 heterocycles. The minimum absolute atomic E-state index is 0.300. The molecule has 1 fully saturated rings. The zero-order valence-electron chi connectivity index (χ0n) is 10.9. The van der Waals surface area contributed by atoms with Crippen molar-refractivity contribution < 1.29 is 9.47 Å². The molecule has 0 bridgehead atoms. The van der Waals surface area contributed by atoms with Gasteiger partial charge in [-0.1, -0.05) is 23.7 Å². The van der Waals surface area contributed by atoms with Gasteiger partial charge in [0.05, 0.1) is 17.2 Å². The van der Waals surface area contributed by atoms with E-state index in [-0.39, 0.29) is 0 Å². The first-order chi connectivity index (χ1) is 8.65. The van der Waals surface area contributed by atoms with Gasteiger partial charge in [-0.25, -0.2) is 0 Å². The molecule has 1 aromatic rings. The third kappa shape index (κ3) is 3.87. The van der Waals surface area contributed by atoms with Gasteiger partial charge in [0, 0.05) is 19.6 Å². The quantitative estimate of drug-likeness (QED) is 0.839. The molecular formula is C14H20ClNO2. The SMILES string of the molecule is C[C@@H]1CN(CCOc2ccccc2Cl)C[C@@H](C)O1. The van der Waals surface area contributed by atoms with Crippen LogP contribution in [0.25, 0.3) is 0 Å². The lowest BCUT2D eigenvalue weighted by Crippen LogP contribution is -2.46. The van der Waals surface area contributed by atoms with Crippen LogP contribution in [0.2, 0.25) is 5.02 Å². The normalized spacial score (nSPS) is 25.1. The van der Waals surface area contributed by atoms with Gasteiger partial charge < -0.3 is 9.47 Å². The second-order valence-corrected chi connectivity index (χ2v) is 5.20. The highest BCUT2D eigenvalue weighted by Gasteiger charge is 2.21. The van der Waals surface area contributed by atoms with Gasteiger partial charge in [0.25, 0.3) is 0 Å². The average molecular weight is 270 g/mol. The molecular weight excluding hydrogens is 250 g/mol. The van der Waals surface area contributed by atoms with Crippen molar-refractivity contribution in [3.05, 3.63) is 29.3 Å². The van der Waals surface area contributed by atoms with E-state index in [0.717, 1.165) is 25.4 Å². The maximum atomic E-state index is 6.03. The molecule has 1 saturated heterocycles. The smallest absolute Gasteiger partial charge is 0.137 e. The Morgan fingerprint density at radius 1 is 1.28 bits per heavy atom. The molecule has 18 heavy (non-hydrogen) atoms.